The Morgan fingerprint density at radius 2 is 1.64 bits per heavy atom. The van der Waals surface area contributed by atoms with E-state index in [2.05, 4.69) is 10.5 Å². The molecule has 1 aromatic heterocycles. The highest BCUT2D eigenvalue weighted by Crippen LogP contribution is 2.24. The predicted molar refractivity (Wildman–Crippen MR) is 96.9 cm³/mol. The van der Waals surface area contributed by atoms with Crippen molar-refractivity contribution >= 4 is 33.9 Å². The Balaban J connectivity index is 1.54. The van der Waals surface area contributed by atoms with Crippen LogP contribution in [0.1, 0.15) is 16.1 Å². The van der Waals surface area contributed by atoms with Crippen molar-refractivity contribution in [2.45, 2.75) is 0 Å². The van der Waals surface area contributed by atoms with Crippen LogP contribution in [-0.2, 0) is 0 Å². The first-order valence-corrected chi connectivity index (χ1v) is 7.74. The summed E-state index contributed by atoms with van der Waals surface area (Å²) < 4.78 is 5.59. The van der Waals surface area contributed by atoms with E-state index in [4.69, 9.17) is 4.42 Å². The van der Waals surface area contributed by atoms with Crippen LogP contribution >= 0.6 is 0 Å². The SMILES string of the molecule is O=C(N/N=C/c1cc2ccccc2o1)c1cc2ccccc2cc1O. The third-order valence-electron chi connectivity index (χ3n) is 3.91. The molecule has 0 atom stereocenters. The number of carbonyl (C=O) groups is 1. The minimum Gasteiger partial charge on any atom is -0.507 e. The van der Waals surface area contributed by atoms with Crippen LogP contribution in [0.25, 0.3) is 21.7 Å². The highest BCUT2D eigenvalue weighted by Gasteiger charge is 2.11. The van der Waals surface area contributed by atoms with Crippen LogP contribution in [0, 0.1) is 0 Å². The molecular weight excluding hydrogens is 316 g/mol. The van der Waals surface area contributed by atoms with Gasteiger partial charge in [0.2, 0.25) is 0 Å². The van der Waals surface area contributed by atoms with Crippen molar-refractivity contribution in [3.8, 4) is 5.75 Å². The molecule has 122 valence electrons. The Kier molecular flexibility index (Phi) is 3.67. The number of carbonyl (C=O) groups excluding carboxylic acids is 1. The van der Waals surface area contributed by atoms with E-state index in [1.807, 2.05) is 54.6 Å². The third kappa shape index (κ3) is 2.95. The molecule has 0 saturated heterocycles. The number of fused-ring (bicyclic) bond motifs is 2. The lowest BCUT2D eigenvalue weighted by Gasteiger charge is -2.05. The summed E-state index contributed by atoms with van der Waals surface area (Å²) in [6.07, 6.45) is 1.43. The summed E-state index contributed by atoms with van der Waals surface area (Å²) >= 11 is 0. The van der Waals surface area contributed by atoms with Crippen molar-refractivity contribution < 1.29 is 14.3 Å². The summed E-state index contributed by atoms with van der Waals surface area (Å²) in [7, 11) is 0. The van der Waals surface area contributed by atoms with Gasteiger partial charge in [-0.25, -0.2) is 5.43 Å². The molecule has 0 spiro atoms. The number of benzene rings is 3. The van der Waals surface area contributed by atoms with Gasteiger partial charge >= 0.3 is 0 Å². The lowest BCUT2D eigenvalue weighted by Crippen LogP contribution is -2.17. The summed E-state index contributed by atoms with van der Waals surface area (Å²) in [6.45, 7) is 0. The van der Waals surface area contributed by atoms with Crippen molar-refractivity contribution in [2.75, 3.05) is 0 Å². The Hall–Kier alpha value is -3.60. The average Bonchev–Trinajstić information content (AvgIpc) is 3.03. The van der Waals surface area contributed by atoms with Crippen LogP contribution in [0.5, 0.6) is 5.75 Å². The molecule has 5 nitrogen and oxygen atoms in total. The number of rotatable bonds is 3. The fraction of sp³-hybridized carbons (Fsp3) is 0. The molecule has 3 aromatic carbocycles. The molecule has 0 bridgehead atoms. The second-order valence-corrected chi connectivity index (χ2v) is 5.60. The number of hydrogen-bond donors (Lipinski definition) is 2. The number of nitrogens with one attached hydrogen (secondary N) is 1. The van der Waals surface area contributed by atoms with Gasteiger partial charge < -0.3 is 9.52 Å². The first kappa shape index (κ1) is 15.0. The molecular formula is C20H14N2O3. The molecule has 1 heterocycles. The van der Waals surface area contributed by atoms with Crippen molar-refractivity contribution in [1.29, 1.82) is 0 Å². The van der Waals surface area contributed by atoms with Gasteiger partial charge in [0, 0.05) is 5.39 Å². The highest BCUT2D eigenvalue weighted by molar-refractivity contribution is 6.01. The maximum atomic E-state index is 12.3. The number of phenolic OH excluding ortho intramolecular Hbond substituents is 1. The quantitative estimate of drug-likeness (QED) is 0.439. The molecule has 0 aliphatic heterocycles. The first-order chi connectivity index (χ1) is 12.2. The van der Waals surface area contributed by atoms with Gasteiger partial charge in [-0.2, -0.15) is 5.10 Å². The monoisotopic (exact) mass is 330 g/mol. The number of hydrogen-bond acceptors (Lipinski definition) is 4. The van der Waals surface area contributed by atoms with Gasteiger partial charge in [0.25, 0.3) is 5.91 Å². The maximum absolute atomic E-state index is 12.3. The van der Waals surface area contributed by atoms with Crippen LogP contribution < -0.4 is 5.43 Å². The van der Waals surface area contributed by atoms with E-state index in [1.54, 1.807) is 12.1 Å². The van der Waals surface area contributed by atoms with Gasteiger partial charge in [0.1, 0.15) is 17.1 Å². The number of amides is 1. The van der Waals surface area contributed by atoms with Crippen molar-refractivity contribution in [3.63, 3.8) is 0 Å². The van der Waals surface area contributed by atoms with E-state index in [9.17, 15) is 9.90 Å². The minimum atomic E-state index is -0.490. The van der Waals surface area contributed by atoms with Crippen LogP contribution in [0.4, 0.5) is 0 Å². The van der Waals surface area contributed by atoms with Gasteiger partial charge in [0.15, 0.2) is 0 Å². The topological polar surface area (TPSA) is 74.8 Å². The van der Waals surface area contributed by atoms with E-state index < -0.39 is 5.91 Å². The molecule has 2 N–H and O–H groups in total. The molecule has 0 unspecified atom stereocenters. The number of hydrazone groups is 1. The summed E-state index contributed by atoms with van der Waals surface area (Å²) in [5, 5.41) is 16.7. The fourth-order valence-corrected chi connectivity index (χ4v) is 2.69. The standard InChI is InChI=1S/C20H14N2O3/c23-18-11-14-6-2-1-5-13(14)10-17(18)20(24)22-21-12-16-9-15-7-3-4-8-19(15)25-16/h1-12,23H,(H,22,24)/b21-12+. The molecule has 4 rings (SSSR count). The van der Waals surface area contributed by atoms with Gasteiger partial charge in [-0.15, -0.1) is 0 Å². The Bertz CT molecular complexity index is 1080. The molecule has 5 heteroatoms. The number of para-hydroxylation sites is 1. The van der Waals surface area contributed by atoms with Crippen molar-refractivity contribution in [3.05, 3.63) is 78.1 Å². The summed E-state index contributed by atoms with van der Waals surface area (Å²) in [5.41, 5.74) is 3.33. The molecule has 0 aliphatic carbocycles. The lowest BCUT2D eigenvalue weighted by molar-refractivity contribution is 0.0952. The first-order valence-electron chi connectivity index (χ1n) is 7.74. The van der Waals surface area contributed by atoms with E-state index in [0.717, 1.165) is 21.7 Å². The molecule has 25 heavy (non-hydrogen) atoms. The normalized spacial score (nSPS) is 11.4. The Morgan fingerprint density at radius 3 is 2.40 bits per heavy atom. The van der Waals surface area contributed by atoms with Gasteiger partial charge in [-0.1, -0.05) is 42.5 Å². The molecule has 0 aliphatic rings. The third-order valence-corrected chi connectivity index (χ3v) is 3.91. The zero-order valence-electron chi connectivity index (χ0n) is 13.1. The van der Waals surface area contributed by atoms with Crippen LogP contribution in [-0.4, -0.2) is 17.2 Å². The van der Waals surface area contributed by atoms with Crippen LogP contribution in [0.2, 0.25) is 0 Å². The molecule has 0 radical (unpaired) electrons. The number of nitrogens with zero attached hydrogens (tertiary/aromatic N) is 1. The second-order valence-electron chi connectivity index (χ2n) is 5.60. The van der Waals surface area contributed by atoms with E-state index in [1.165, 1.54) is 6.21 Å². The smallest absolute Gasteiger partial charge is 0.275 e. The fourth-order valence-electron chi connectivity index (χ4n) is 2.69. The molecule has 0 fully saturated rings. The predicted octanol–water partition coefficient (Wildman–Crippen LogP) is 4.06. The van der Waals surface area contributed by atoms with Crippen LogP contribution in [0.3, 0.4) is 0 Å². The second kappa shape index (κ2) is 6.13. The average molecular weight is 330 g/mol. The molecule has 0 saturated carbocycles. The van der Waals surface area contributed by atoms with E-state index >= 15 is 0 Å². The maximum Gasteiger partial charge on any atom is 0.275 e. The van der Waals surface area contributed by atoms with Gasteiger partial charge in [0.05, 0.1) is 11.8 Å². The van der Waals surface area contributed by atoms with Gasteiger partial charge in [-0.05, 0) is 35.0 Å². The number of aromatic hydroxyl groups is 1. The van der Waals surface area contributed by atoms with Crippen molar-refractivity contribution in [1.82, 2.24) is 5.43 Å². The summed E-state index contributed by atoms with van der Waals surface area (Å²) in [5.74, 6) is -0.0463. The zero-order chi connectivity index (χ0) is 17.2. The Morgan fingerprint density at radius 1 is 0.960 bits per heavy atom. The molecule has 4 aromatic rings. The minimum absolute atomic E-state index is 0.0878. The highest BCUT2D eigenvalue weighted by atomic mass is 16.3. The van der Waals surface area contributed by atoms with E-state index in [0.29, 0.717) is 5.76 Å². The summed E-state index contributed by atoms with van der Waals surface area (Å²) in [4.78, 5) is 12.3. The molecule has 1 amide bonds. The largest absolute Gasteiger partial charge is 0.507 e. The zero-order valence-corrected chi connectivity index (χ0v) is 13.1. The number of furan rings is 1. The number of phenols is 1. The van der Waals surface area contributed by atoms with Gasteiger partial charge in [-0.3, -0.25) is 4.79 Å². The lowest BCUT2D eigenvalue weighted by atomic mass is 10.1. The van der Waals surface area contributed by atoms with Crippen molar-refractivity contribution in [2.24, 2.45) is 5.10 Å². The van der Waals surface area contributed by atoms with E-state index in [-0.39, 0.29) is 11.3 Å². The summed E-state index contributed by atoms with van der Waals surface area (Å²) in [6, 6.07) is 20.1. The Labute approximate surface area is 143 Å². The van der Waals surface area contributed by atoms with Crippen LogP contribution in [0.15, 0.2) is 76.2 Å².